The molecule has 5 heteroatoms. The van der Waals surface area contributed by atoms with Crippen molar-refractivity contribution in [3.05, 3.63) is 65.7 Å². The highest BCUT2D eigenvalue weighted by Gasteiger charge is 2.40. The van der Waals surface area contributed by atoms with Crippen molar-refractivity contribution in [2.75, 3.05) is 31.7 Å². The average molecular weight is 455 g/mol. The number of benzene rings is 2. The van der Waals surface area contributed by atoms with E-state index in [9.17, 15) is 5.11 Å². The molecule has 0 bridgehead atoms. The van der Waals surface area contributed by atoms with Gasteiger partial charge in [-0.2, -0.15) is 0 Å². The second-order valence-electron chi connectivity index (χ2n) is 5.84. The fraction of sp³-hybridized carbons (Fsp3) is 0.400. The zero-order chi connectivity index (χ0) is 18.1. The second kappa shape index (κ2) is 10.1. The van der Waals surface area contributed by atoms with Crippen molar-refractivity contribution >= 4 is 22.6 Å². The van der Waals surface area contributed by atoms with Crippen LogP contribution in [0.1, 0.15) is 11.1 Å². The predicted octanol–water partition coefficient (Wildman–Crippen LogP) is 3.17. The van der Waals surface area contributed by atoms with Gasteiger partial charge in [-0.15, -0.1) is 0 Å². The summed E-state index contributed by atoms with van der Waals surface area (Å²) >= 11 is 2.15. The highest BCUT2D eigenvalue weighted by atomic mass is 127. The van der Waals surface area contributed by atoms with Crippen molar-refractivity contribution in [3.63, 3.8) is 0 Å². The third-order valence-corrected chi connectivity index (χ3v) is 4.39. The lowest BCUT2D eigenvalue weighted by Gasteiger charge is -2.39. The molecule has 0 aromatic heterocycles. The summed E-state index contributed by atoms with van der Waals surface area (Å²) in [7, 11) is 1.65. The number of rotatable bonds is 5. The normalized spacial score (nSPS) is 19.3. The number of alkyl halides is 1. The minimum absolute atomic E-state index is 0.302. The van der Waals surface area contributed by atoms with E-state index in [0.29, 0.717) is 19.6 Å². The van der Waals surface area contributed by atoms with Gasteiger partial charge in [-0.05, 0) is 22.1 Å². The van der Waals surface area contributed by atoms with Gasteiger partial charge in [-0.3, -0.25) is 0 Å². The van der Waals surface area contributed by atoms with E-state index >= 15 is 0 Å². The number of para-hydroxylation sites is 1. The Bertz CT molecular complexity index is 632. The van der Waals surface area contributed by atoms with E-state index in [0.717, 1.165) is 23.4 Å². The lowest BCUT2D eigenvalue weighted by molar-refractivity contribution is -0.124. The maximum absolute atomic E-state index is 11.6. The molecule has 0 radical (unpaired) electrons. The van der Waals surface area contributed by atoms with E-state index in [4.69, 9.17) is 9.47 Å². The van der Waals surface area contributed by atoms with Crippen LogP contribution in [0.25, 0.3) is 0 Å². The average Bonchev–Trinajstić information content (AvgIpc) is 2.71. The molecule has 2 aromatic carbocycles. The van der Waals surface area contributed by atoms with Gasteiger partial charge in [0.2, 0.25) is 0 Å². The number of methoxy groups -OCH3 is 1. The van der Waals surface area contributed by atoms with Crippen LogP contribution >= 0.6 is 22.6 Å². The molecule has 2 aromatic rings. The number of hydrogen-bond donors (Lipinski definition) is 2. The first-order chi connectivity index (χ1) is 12.2. The van der Waals surface area contributed by atoms with Crippen LogP contribution in [0.5, 0.6) is 5.75 Å². The van der Waals surface area contributed by atoms with Crippen LogP contribution in [-0.2, 0) is 16.8 Å². The molecule has 1 aliphatic rings. The zero-order valence-corrected chi connectivity index (χ0v) is 16.9. The first kappa shape index (κ1) is 20.2. The Hall–Kier alpha value is -1.15. The van der Waals surface area contributed by atoms with Crippen LogP contribution in [0.2, 0.25) is 0 Å². The van der Waals surface area contributed by atoms with E-state index < -0.39 is 5.60 Å². The number of ether oxygens (including phenoxy) is 2. The van der Waals surface area contributed by atoms with Crippen molar-refractivity contribution < 1.29 is 14.6 Å². The fourth-order valence-corrected chi connectivity index (χ4v) is 3.14. The smallest absolute Gasteiger partial charge is 0.122 e. The van der Waals surface area contributed by atoms with E-state index in [2.05, 4.69) is 27.9 Å². The standard InChI is InChI=1S/C19H23NO3.CH3I/c1-22-17-10-6-5-7-15(17)13-19(21,16-8-3-2-4-9-16)18-14-20-11-12-23-18;1-2/h2-10,18,20-21H,11-14H2,1H3;1H3/t18-,19-;/m1./s1. The molecule has 0 saturated carbocycles. The van der Waals surface area contributed by atoms with Gasteiger partial charge in [0, 0.05) is 19.5 Å². The molecular weight excluding hydrogens is 429 g/mol. The molecule has 1 heterocycles. The van der Waals surface area contributed by atoms with Crippen LogP contribution < -0.4 is 10.1 Å². The van der Waals surface area contributed by atoms with Gasteiger partial charge in [0.1, 0.15) is 17.5 Å². The summed E-state index contributed by atoms with van der Waals surface area (Å²) in [6.45, 7) is 2.04. The van der Waals surface area contributed by atoms with Gasteiger partial charge in [-0.1, -0.05) is 71.1 Å². The van der Waals surface area contributed by atoms with Gasteiger partial charge >= 0.3 is 0 Å². The third kappa shape index (κ3) is 4.94. The highest BCUT2D eigenvalue weighted by Crippen LogP contribution is 2.34. The van der Waals surface area contributed by atoms with Crippen LogP contribution in [0.3, 0.4) is 0 Å². The lowest BCUT2D eigenvalue weighted by atomic mass is 9.81. The fourth-order valence-electron chi connectivity index (χ4n) is 3.14. The summed E-state index contributed by atoms with van der Waals surface area (Å²) in [5.41, 5.74) is 0.721. The molecule has 2 atom stereocenters. The molecule has 0 amide bonds. The summed E-state index contributed by atoms with van der Waals surface area (Å²) < 4.78 is 11.3. The Labute approximate surface area is 163 Å². The first-order valence-electron chi connectivity index (χ1n) is 8.34. The maximum Gasteiger partial charge on any atom is 0.122 e. The molecule has 0 spiro atoms. The first-order valence-corrected chi connectivity index (χ1v) is 10.5. The topological polar surface area (TPSA) is 50.7 Å². The largest absolute Gasteiger partial charge is 0.496 e. The van der Waals surface area contributed by atoms with Gasteiger partial charge in [0.05, 0.1) is 13.7 Å². The van der Waals surface area contributed by atoms with E-state index in [1.165, 1.54) is 0 Å². The quantitative estimate of drug-likeness (QED) is 0.538. The van der Waals surface area contributed by atoms with Gasteiger partial charge in [0.25, 0.3) is 0 Å². The van der Waals surface area contributed by atoms with Crippen LogP contribution in [0.4, 0.5) is 0 Å². The molecule has 2 N–H and O–H groups in total. The Morgan fingerprint density at radius 3 is 2.48 bits per heavy atom. The molecule has 0 aliphatic carbocycles. The monoisotopic (exact) mass is 455 g/mol. The summed E-state index contributed by atoms with van der Waals surface area (Å²) in [6.07, 6.45) is 0.136. The summed E-state index contributed by atoms with van der Waals surface area (Å²) in [4.78, 5) is 1.97. The van der Waals surface area contributed by atoms with Crippen molar-refractivity contribution in [2.45, 2.75) is 18.1 Å². The molecule has 4 nitrogen and oxygen atoms in total. The van der Waals surface area contributed by atoms with Crippen molar-refractivity contribution in [3.8, 4) is 5.75 Å². The Kier molecular flexibility index (Phi) is 8.15. The summed E-state index contributed by atoms with van der Waals surface area (Å²) in [6, 6.07) is 17.5. The minimum Gasteiger partial charge on any atom is -0.496 e. The SMILES string of the molecule is CI.COc1ccccc1C[C@@](O)(c1ccccc1)[C@H]1CNCCO1. The molecule has 25 heavy (non-hydrogen) atoms. The Morgan fingerprint density at radius 1 is 1.16 bits per heavy atom. The molecule has 1 saturated heterocycles. The van der Waals surface area contributed by atoms with E-state index in [1.54, 1.807) is 7.11 Å². The van der Waals surface area contributed by atoms with E-state index in [1.807, 2.05) is 59.5 Å². The second-order valence-corrected chi connectivity index (χ2v) is 5.84. The number of morpholine rings is 1. The van der Waals surface area contributed by atoms with Crippen molar-refractivity contribution in [1.82, 2.24) is 5.32 Å². The van der Waals surface area contributed by atoms with Crippen molar-refractivity contribution in [1.29, 1.82) is 0 Å². The highest BCUT2D eigenvalue weighted by molar-refractivity contribution is 14.1. The minimum atomic E-state index is -1.11. The molecule has 3 rings (SSSR count). The zero-order valence-electron chi connectivity index (χ0n) is 14.7. The molecule has 0 unspecified atom stereocenters. The van der Waals surface area contributed by atoms with Crippen LogP contribution in [-0.4, -0.2) is 42.9 Å². The summed E-state index contributed by atoms with van der Waals surface area (Å²) in [5.74, 6) is 0.783. The number of hydrogen-bond acceptors (Lipinski definition) is 4. The van der Waals surface area contributed by atoms with E-state index in [-0.39, 0.29) is 6.10 Å². The van der Waals surface area contributed by atoms with Gasteiger partial charge < -0.3 is 19.9 Å². The maximum atomic E-state index is 11.6. The summed E-state index contributed by atoms with van der Waals surface area (Å²) in [5, 5.41) is 14.9. The number of halogens is 1. The molecular formula is C20H26INO3. The lowest BCUT2D eigenvalue weighted by Crippen LogP contribution is -2.52. The Morgan fingerprint density at radius 2 is 1.84 bits per heavy atom. The number of aliphatic hydroxyl groups is 1. The molecule has 1 aliphatic heterocycles. The molecule has 136 valence electrons. The van der Waals surface area contributed by atoms with Crippen molar-refractivity contribution in [2.24, 2.45) is 0 Å². The Balaban J connectivity index is 0.00000109. The third-order valence-electron chi connectivity index (χ3n) is 4.39. The van der Waals surface area contributed by atoms with Gasteiger partial charge in [-0.25, -0.2) is 0 Å². The van der Waals surface area contributed by atoms with Crippen LogP contribution in [0, 0.1) is 0 Å². The van der Waals surface area contributed by atoms with Gasteiger partial charge in [0.15, 0.2) is 0 Å². The van der Waals surface area contributed by atoms with Crippen LogP contribution in [0.15, 0.2) is 54.6 Å². The number of nitrogens with one attached hydrogen (secondary N) is 1. The molecule has 1 fully saturated rings. The predicted molar refractivity (Wildman–Crippen MR) is 110 cm³/mol.